The van der Waals surface area contributed by atoms with Crippen molar-refractivity contribution in [3.8, 4) is 11.5 Å². The highest BCUT2D eigenvalue weighted by Crippen LogP contribution is 2.41. The Morgan fingerprint density at radius 1 is 1.24 bits per heavy atom. The number of carbonyl (C=O) groups excluding carboxylic acids is 1. The van der Waals surface area contributed by atoms with Gasteiger partial charge in [-0.2, -0.15) is 13.2 Å². The van der Waals surface area contributed by atoms with Crippen molar-refractivity contribution in [2.24, 2.45) is 0 Å². The lowest BCUT2D eigenvalue weighted by molar-refractivity contribution is -0.137. The van der Waals surface area contributed by atoms with Gasteiger partial charge in [0.2, 0.25) is 0 Å². The van der Waals surface area contributed by atoms with E-state index in [-0.39, 0.29) is 30.3 Å². The molecule has 29 heavy (non-hydrogen) atoms. The summed E-state index contributed by atoms with van der Waals surface area (Å²) in [5.41, 5.74) is 0.479. The van der Waals surface area contributed by atoms with Gasteiger partial charge >= 0.3 is 6.18 Å². The molecule has 1 aliphatic heterocycles. The molecule has 1 unspecified atom stereocenters. The number of fused-ring (bicyclic) bond motifs is 1. The summed E-state index contributed by atoms with van der Waals surface area (Å²) >= 11 is 0. The minimum absolute atomic E-state index is 0.127. The van der Waals surface area contributed by atoms with Crippen LogP contribution in [0.4, 0.5) is 18.9 Å². The van der Waals surface area contributed by atoms with Crippen LogP contribution in [0, 0.1) is 0 Å². The van der Waals surface area contributed by atoms with E-state index in [2.05, 4.69) is 10.6 Å². The molecule has 1 aliphatic rings. The first-order valence-electron chi connectivity index (χ1n) is 9.09. The van der Waals surface area contributed by atoms with Gasteiger partial charge in [-0.3, -0.25) is 4.79 Å². The fourth-order valence-electron chi connectivity index (χ4n) is 3.11. The Morgan fingerprint density at radius 3 is 2.79 bits per heavy atom. The van der Waals surface area contributed by atoms with Gasteiger partial charge in [0.05, 0.1) is 11.7 Å². The Morgan fingerprint density at radius 2 is 2.03 bits per heavy atom. The van der Waals surface area contributed by atoms with Crippen LogP contribution in [0.25, 0.3) is 0 Å². The number of hydrogen-bond acceptors (Lipinski definition) is 5. The largest absolute Gasteiger partial charge is 0.506 e. The zero-order chi connectivity index (χ0) is 21.0. The number of hydrogen-bond donors (Lipinski definition) is 4. The molecule has 0 saturated carbocycles. The average molecular weight is 410 g/mol. The van der Waals surface area contributed by atoms with Crippen LogP contribution < -0.4 is 15.4 Å². The number of benzene rings is 2. The van der Waals surface area contributed by atoms with E-state index in [1.165, 1.54) is 18.2 Å². The van der Waals surface area contributed by atoms with Crippen LogP contribution >= 0.6 is 0 Å². The van der Waals surface area contributed by atoms with Gasteiger partial charge in [-0.25, -0.2) is 0 Å². The van der Waals surface area contributed by atoms with Crippen LogP contribution in [0.3, 0.4) is 0 Å². The monoisotopic (exact) mass is 410 g/mol. The number of amides is 1. The van der Waals surface area contributed by atoms with E-state index in [4.69, 9.17) is 4.74 Å². The molecular weight excluding hydrogens is 389 g/mol. The minimum Gasteiger partial charge on any atom is -0.506 e. The fourth-order valence-corrected chi connectivity index (χ4v) is 3.11. The third-order valence-corrected chi connectivity index (χ3v) is 4.55. The number of phenolic OH excluding ortho intramolecular Hbond substituents is 1. The summed E-state index contributed by atoms with van der Waals surface area (Å²) in [7, 11) is 0. The predicted molar refractivity (Wildman–Crippen MR) is 99.8 cm³/mol. The highest BCUT2D eigenvalue weighted by Gasteiger charge is 2.30. The van der Waals surface area contributed by atoms with Crippen LogP contribution in [0.2, 0.25) is 0 Å². The topological polar surface area (TPSA) is 90.8 Å². The number of phenols is 1. The minimum atomic E-state index is -4.36. The molecular formula is C20H21F3N2O4. The molecule has 0 radical (unpaired) electrons. The van der Waals surface area contributed by atoms with Gasteiger partial charge in [0.15, 0.2) is 12.4 Å². The Labute approximate surface area is 165 Å². The summed E-state index contributed by atoms with van der Waals surface area (Å²) in [5.74, 6) is -0.326. The SMILES string of the molecule is O=C1COc2c(C(O)CNCCCc3cccc(C(F)(F)F)c3)ccc(O)c2N1. The van der Waals surface area contributed by atoms with Crippen molar-refractivity contribution < 1.29 is 32.9 Å². The smallest absolute Gasteiger partial charge is 0.416 e. The van der Waals surface area contributed by atoms with E-state index in [1.807, 2.05) is 0 Å². The molecule has 6 nitrogen and oxygen atoms in total. The maximum atomic E-state index is 12.7. The molecule has 156 valence electrons. The van der Waals surface area contributed by atoms with Crippen molar-refractivity contribution in [2.75, 3.05) is 25.0 Å². The number of halogens is 3. The molecule has 0 aliphatic carbocycles. The van der Waals surface area contributed by atoms with E-state index in [1.54, 1.807) is 6.07 Å². The van der Waals surface area contributed by atoms with Crippen LogP contribution in [-0.4, -0.2) is 35.8 Å². The Hall–Kier alpha value is -2.78. The molecule has 1 atom stereocenters. The molecule has 4 N–H and O–H groups in total. The van der Waals surface area contributed by atoms with E-state index < -0.39 is 23.8 Å². The molecule has 0 spiro atoms. The van der Waals surface area contributed by atoms with Crippen molar-refractivity contribution in [1.82, 2.24) is 5.32 Å². The van der Waals surface area contributed by atoms with Crippen LogP contribution in [0.5, 0.6) is 11.5 Å². The molecule has 2 aromatic rings. The summed E-state index contributed by atoms with van der Waals surface area (Å²) < 4.78 is 43.6. The highest BCUT2D eigenvalue weighted by molar-refractivity contribution is 5.97. The van der Waals surface area contributed by atoms with Gasteiger partial charge in [0, 0.05) is 12.1 Å². The number of aliphatic hydroxyl groups excluding tert-OH is 1. The number of aryl methyl sites for hydroxylation is 1. The van der Waals surface area contributed by atoms with E-state index in [0.29, 0.717) is 30.5 Å². The normalized spacial score (nSPS) is 14.7. The number of aromatic hydroxyl groups is 1. The molecule has 9 heteroatoms. The molecule has 0 bridgehead atoms. The number of nitrogens with one attached hydrogen (secondary N) is 2. The lowest BCUT2D eigenvalue weighted by Gasteiger charge is -2.23. The van der Waals surface area contributed by atoms with E-state index in [9.17, 15) is 28.2 Å². The molecule has 2 aromatic carbocycles. The first-order valence-corrected chi connectivity index (χ1v) is 9.09. The van der Waals surface area contributed by atoms with Gasteiger partial charge in [-0.15, -0.1) is 0 Å². The van der Waals surface area contributed by atoms with E-state index in [0.717, 1.165) is 12.1 Å². The Kier molecular flexibility index (Phi) is 6.29. The third-order valence-electron chi connectivity index (χ3n) is 4.55. The number of ether oxygens (including phenoxy) is 1. The number of alkyl halides is 3. The Bertz CT molecular complexity index is 887. The fraction of sp³-hybridized carbons (Fsp3) is 0.350. The van der Waals surface area contributed by atoms with Crippen LogP contribution in [-0.2, 0) is 17.4 Å². The van der Waals surface area contributed by atoms with Crippen LogP contribution in [0.1, 0.15) is 29.2 Å². The first-order chi connectivity index (χ1) is 13.8. The van der Waals surface area contributed by atoms with Crippen molar-refractivity contribution in [1.29, 1.82) is 0 Å². The lowest BCUT2D eigenvalue weighted by Crippen LogP contribution is -2.28. The standard InChI is InChI=1S/C20H21F3N2O4/c21-20(22,23)13-5-1-3-12(9-13)4-2-8-24-10-16(27)14-6-7-15(26)18-19(14)29-11-17(28)25-18/h1,3,5-7,9,16,24,26-27H,2,4,8,10-11H2,(H,25,28). The predicted octanol–water partition coefficient (Wildman–Crippen LogP) is 3.00. The number of rotatable bonds is 7. The number of anilines is 1. The third kappa shape index (κ3) is 5.18. The summed E-state index contributed by atoms with van der Waals surface area (Å²) in [4.78, 5) is 11.4. The highest BCUT2D eigenvalue weighted by atomic mass is 19.4. The zero-order valence-corrected chi connectivity index (χ0v) is 15.4. The quantitative estimate of drug-likeness (QED) is 0.416. The second kappa shape index (κ2) is 8.71. The van der Waals surface area contributed by atoms with Gasteiger partial charge in [0.25, 0.3) is 5.91 Å². The van der Waals surface area contributed by atoms with Crippen molar-refractivity contribution >= 4 is 11.6 Å². The summed E-state index contributed by atoms with van der Waals surface area (Å²) in [6, 6.07) is 8.10. The summed E-state index contributed by atoms with van der Waals surface area (Å²) in [6.45, 7) is 0.461. The van der Waals surface area contributed by atoms with Gasteiger partial charge in [-0.1, -0.05) is 18.2 Å². The maximum Gasteiger partial charge on any atom is 0.416 e. The van der Waals surface area contributed by atoms with Gasteiger partial charge < -0.3 is 25.6 Å². The van der Waals surface area contributed by atoms with Crippen molar-refractivity contribution in [3.05, 3.63) is 53.1 Å². The average Bonchev–Trinajstić information content (AvgIpc) is 2.68. The van der Waals surface area contributed by atoms with E-state index >= 15 is 0 Å². The second-order valence-electron chi connectivity index (χ2n) is 6.74. The lowest BCUT2D eigenvalue weighted by atomic mass is 10.0. The first kappa shape index (κ1) is 20.9. The molecule has 0 fully saturated rings. The molecule has 0 aromatic heterocycles. The summed E-state index contributed by atoms with van der Waals surface area (Å²) in [6.07, 6.45) is -4.25. The van der Waals surface area contributed by atoms with Crippen molar-refractivity contribution in [3.63, 3.8) is 0 Å². The Balaban J connectivity index is 1.51. The number of carbonyl (C=O) groups is 1. The van der Waals surface area contributed by atoms with Gasteiger partial charge in [-0.05, 0) is 43.1 Å². The molecule has 3 rings (SSSR count). The second-order valence-corrected chi connectivity index (χ2v) is 6.74. The maximum absolute atomic E-state index is 12.7. The van der Waals surface area contributed by atoms with Gasteiger partial charge in [0.1, 0.15) is 11.4 Å². The number of aliphatic hydroxyl groups is 1. The molecule has 0 saturated heterocycles. The van der Waals surface area contributed by atoms with Crippen LogP contribution in [0.15, 0.2) is 36.4 Å². The molecule has 1 amide bonds. The molecule has 1 heterocycles. The van der Waals surface area contributed by atoms with Crippen molar-refractivity contribution in [2.45, 2.75) is 25.1 Å². The zero-order valence-electron chi connectivity index (χ0n) is 15.4. The summed E-state index contributed by atoms with van der Waals surface area (Å²) in [5, 5.41) is 25.8.